The highest BCUT2D eigenvalue weighted by Crippen LogP contribution is 2.30. The Morgan fingerprint density at radius 1 is 1.26 bits per heavy atom. The van der Waals surface area contributed by atoms with Gasteiger partial charge in [-0.15, -0.1) is 0 Å². The van der Waals surface area contributed by atoms with Gasteiger partial charge >= 0.3 is 5.51 Å². The SMILES string of the molecule is Nc1c(NCCSC(F)(F)F)ccc2ncccc12. The van der Waals surface area contributed by atoms with E-state index < -0.39 is 5.51 Å². The lowest BCUT2D eigenvalue weighted by atomic mass is 10.1. The van der Waals surface area contributed by atoms with Gasteiger partial charge in [0.05, 0.1) is 16.9 Å². The van der Waals surface area contributed by atoms with E-state index in [1.54, 1.807) is 24.4 Å². The highest BCUT2D eigenvalue weighted by Gasteiger charge is 2.27. The van der Waals surface area contributed by atoms with Gasteiger partial charge in [0.25, 0.3) is 0 Å². The van der Waals surface area contributed by atoms with Crippen LogP contribution in [0.2, 0.25) is 0 Å². The molecule has 0 radical (unpaired) electrons. The molecule has 3 N–H and O–H groups in total. The summed E-state index contributed by atoms with van der Waals surface area (Å²) in [6.45, 7) is 0.195. The molecule has 0 aliphatic carbocycles. The number of pyridine rings is 1. The van der Waals surface area contributed by atoms with E-state index in [0.29, 0.717) is 11.4 Å². The van der Waals surface area contributed by atoms with E-state index in [9.17, 15) is 13.2 Å². The van der Waals surface area contributed by atoms with Crippen molar-refractivity contribution in [2.45, 2.75) is 5.51 Å². The molecule has 0 bridgehead atoms. The first-order valence-corrected chi connectivity index (χ1v) is 6.54. The Kier molecular flexibility index (Phi) is 4.04. The first kappa shape index (κ1) is 13.8. The number of nitrogens with one attached hydrogen (secondary N) is 1. The molecule has 102 valence electrons. The van der Waals surface area contributed by atoms with Crippen molar-refractivity contribution in [2.75, 3.05) is 23.3 Å². The second kappa shape index (κ2) is 5.56. The molecule has 1 aromatic carbocycles. The number of thioether (sulfide) groups is 1. The van der Waals surface area contributed by atoms with Crippen LogP contribution >= 0.6 is 11.8 Å². The van der Waals surface area contributed by atoms with E-state index in [1.807, 2.05) is 6.07 Å². The van der Waals surface area contributed by atoms with Crippen LogP contribution in [0, 0.1) is 0 Å². The van der Waals surface area contributed by atoms with E-state index in [0.717, 1.165) is 10.9 Å². The molecule has 7 heteroatoms. The summed E-state index contributed by atoms with van der Waals surface area (Å²) in [6.07, 6.45) is 1.66. The fourth-order valence-corrected chi connectivity index (χ4v) is 2.12. The highest BCUT2D eigenvalue weighted by molar-refractivity contribution is 8.00. The number of alkyl halides is 3. The molecule has 0 amide bonds. The Morgan fingerprint density at radius 3 is 2.79 bits per heavy atom. The summed E-state index contributed by atoms with van der Waals surface area (Å²) in [5.41, 5.74) is 3.65. The minimum absolute atomic E-state index is 0.0534. The number of nitrogen functional groups attached to an aromatic ring is 1. The van der Waals surface area contributed by atoms with E-state index in [1.165, 1.54) is 0 Å². The molecule has 3 nitrogen and oxygen atoms in total. The van der Waals surface area contributed by atoms with Crippen molar-refractivity contribution >= 4 is 34.0 Å². The first-order valence-electron chi connectivity index (χ1n) is 5.55. The van der Waals surface area contributed by atoms with Crippen molar-refractivity contribution in [1.82, 2.24) is 4.98 Å². The quantitative estimate of drug-likeness (QED) is 0.667. The summed E-state index contributed by atoms with van der Waals surface area (Å²) in [4.78, 5) is 4.15. The average Bonchev–Trinajstić information content (AvgIpc) is 2.36. The smallest absolute Gasteiger partial charge is 0.397 e. The van der Waals surface area contributed by atoms with E-state index in [2.05, 4.69) is 10.3 Å². The Labute approximate surface area is 112 Å². The maximum absolute atomic E-state index is 12.0. The van der Waals surface area contributed by atoms with Crippen molar-refractivity contribution in [3.05, 3.63) is 30.5 Å². The second-order valence-corrected chi connectivity index (χ2v) is 4.98. The van der Waals surface area contributed by atoms with Crippen molar-refractivity contribution in [1.29, 1.82) is 0 Å². The second-order valence-electron chi connectivity index (χ2n) is 3.82. The average molecular weight is 287 g/mol. The Balaban J connectivity index is 2.03. The molecule has 0 atom stereocenters. The van der Waals surface area contributed by atoms with Crippen LogP contribution in [0.1, 0.15) is 0 Å². The third-order valence-corrected chi connectivity index (χ3v) is 3.25. The van der Waals surface area contributed by atoms with Crippen LogP contribution in [0.3, 0.4) is 0 Å². The van der Waals surface area contributed by atoms with Gasteiger partial charge in [-0.3, -0.25) is 4.98 Å². The van der Waals surface area contributed by atoms with Gasteiger partial charge in [0, 0.05) is 23.9 Å². The van der Waals surface area contributed by atoms with Gasteiger partial charge in [-0.2, -0.15) is 13.2 Å². The summed E-state index contributed by atoms with van der Waals surface area (Å²) >= 11 is -0.0534. The Morgan fingerprint density at radius 2 is 2.05 bits per heavy atom. The van der Waals surface area contributed by atoms with Gasteiger partial charge in [-0.1, -0.05) is 0 Å². The number of hydrogen-bond acceptors (Lipinski definition) is 4. The lowest BCUT2D eigenvalue weighted by molar-refractivity contribution is -0.0327. The fraction of sp³-hybridized carbons (Fsp3) is 0.250. The maximum atomic E-state index is 12.0. The zero-order valence-corrected chi connectivity index (χ0v) is 10.7. The largest absolute Gasteiger partial charge is 0.441 e. The van der Waals surface area contributed by atoms with Crippen LogP contribution in [-0.2, 0) is 0 Å². The molecule has 2 rings (SSSR count). The number of halogens is 3. The van der Waals surface area contributed by atoms with Gasteiger partial charge in [0.15, 0.2) is 0 Å². The van der Waals surface area contributed by atoms with Crippen molar-refractivity contribution in [2.24, 2.45) is 0 Å². The van der Waals surface area contributed by atoms with Crippen LogP contribution in [0.5, 0.6) is 0 Å². The predicted molar refractivity (Wildman–Crippen MR) is 73.2 cm³/mol. The van der Waals surface area contributed by atoms with Crippen molar-refractivity contribution < 1.29 is 13.2 Å². The molecular weight excluding hydrogens is 275 g/mol. The lowest BCUT2D eigenvalue weighted by Crippen LogP contribution is -2.10. The summed E-state index contributed by atoms with van der Waals surface area (Å²) in [5, 5.41) is 3.69. The number of anilines is 2. The third kappa shape index (κ3) is 3.66. The summed E-state index contributed by atoms with van der Waals surface area (Å²) in [5.74, 6) is -0.0615. The van der Waals surface area contributed by atoms with Gasteiger partial charge < -0.3 is 11.1 Å². The first-order chi connectivity index (χ1) is 8.97. The number of benzene rings is 1. The topological polar surface area (TPSA) is 50.9 Å². The zero-order valence-electron chi connectivity index (χ0n) is 9.87. The van der Waals surface area contributed by atoms with Crippen molar-refractivity contribution in [3.8, 4) is 0 Å². The minimum Gasteiger partial charge on any atom is -0.397 e. The number of nitrogens with two attached hydrogens (primary N) is 1. The predicted octanol–water partition coefficient (Wildman–Crippen LogP) is 3.48. The van der Waals surface area contributed by atoms with Gasteiger partial charge in [-0.25, -0.2) is 0 Å². The molecule has 0 aliphatic rings. The fourth-order valence-electron chi connectivity index (χ4n) is 1.68. The molecule has 0 fully saturated rings. The number of rotatable bonds is 4. The number of hydrogen-bond donors (Lipinski definition) is 2. The van der Waals surface area contributed by atoms with Crippen LogP contribution < -0.4 is 11.1 Å². The standard InChI is InChI=1S/C12H12F3N3S/c13-12(14,15)19-7-6-18-10-4-3-9-8(11(10)16)2-1-5-17-9/h1-5,18H,6-7,16H2. The van der Waals surface area contributed by atoms with E-state index in [4.69, 9.17) is 5.73 Å². The minimum atomic E-state index is -4.19. The molecule has 0 spiro atoms. The molecule has 0 unspecified atom stereocenters. The van der Waals surface area contributed by atoms with Crippen LogP contribution in [-0.4, -0.2) is 22.8 Å². The molecule has 1 aromatic heterocycles. The van der Waals surface area contributed by atoms with Crippen molar-refractivity contribution in [3.63, 3.8) is 0 Å². The number of nitrogens with zero attached hydrogens (tertiary/aromatic N) is 1. The highest BCUT2D eigenvalue weighted by atomic mass is 32.2. The normalized spacial score (nSPS) is 11.7. The summed E-state index contributed by atoms with van der Waals surface area (Å²) < 4.78 is 35.9. The van der Waals surface area contributed by atoms with Crippen LogP contribution in [0.4, 0.5) is 24.5 Å². The monoisotopic (exact) mass is 287 g/mol. The van der Waals surface area contributed by atoms with Gasteiger partial charge in [0.2, 0.25) is 0 Å². The Hall–Kier alpha value is -1.63. The van der Waals surface area contributed by atoms with E-state index in [-0.39, 0.29) is 24.1 Å². The molecule has 2 aromatic rings. The van der Waals surface area contributed by atoms with Crippen LogP contribution in [0.15, 0.2) is 30.5 Å². The molecular formula is C12H12F3N3S. The molecule has 0 aliphatic heterocycles. The summed E-state index contributed by atoms with van der Waals surface area (Å²) in [6, 6.07) is 7.10. The van der Waals surface area contributed by atoms with Gasteiger partial charge in [0.1, 0.15) is 0 Å². The Bertz CT molecular complexity index is 572. The number of aromatic nitrogens is 1. The molecule has 19 heavy (non-hydrogen) atoms. The lowest BCUT2D eigenvalue weighted by Gasteiger charge is -2.11. The third-order valence-electron chi connectivity index (χ3n) is 2.51. The van der Waals surface area contributed by atoms with Crippen LogP contribution in [0.25, 0.3) is 10.9 Å². The van der Waals surface area contributed by atoms with Gasteiger partial charge in [-0.05, 0) is 36.0 Å². The molecule has 1 heterocycles. The zero-order chi connectivity index (χ0) is 13.9. The molecule has 0 saturated carbocycles. The summed E-state index contributed by atoms with van der Waals surface area (Å²) in [7, 11) is 0. The van der Waals surface area contributed by atoms with E-state index >= 15 is 0 Å². The number of fused-ring (bicyclic) bond motifs is 1. The maximum Gasteiger partial charge on any atom is 0.441 e. The molecule has 0 saturated heterocycles.